The smallest absolute Gasteiger partial charge is 0.327 e. The maximum Gasteiger partial charge on any atom is 0.327 e. The summed E-state index contributed by atoms with van der Waals surface area (Å²) in [5, 5.41) is 11.8. The molecule has 0 radical (unpaired) electrons. The predicted octanol–water partition coefficient (Wildman–Crippen LogP) is -0.224. The standard InChI is InChI=1S/C11H17N3O4S/c1-13-4-7(2-3-9(13)15)12-11(18)14-6-19-5-8(14)10(16)17/h7-8H,2-6H2,1H3,(H,12,18)(H,16,17)/t7?,8-/m0/s1. The number of nitrogens with zero attached hydrogens (tertiary/aromatic N) is 2. The highest BCUT2D eigenvalue weighted by Crippen LogP contribution is 2.21. The first-order valence-corrected chi connectivity index (χ1v) is 7.26. The van der Waals surface area contributed by atoms with Gasteiger partial charge in [-0.05, 0) is 6.42 Å². The lowest BCUT2D eigenvalue weighted by Crippen LogP contribution is -2.54. The van der Waals surface area contributed by atoms with Crippen molar-refractivity contribution in [1.82, 2.24) is 15.1 Å². The van der Waals surface area contributed by atoms with Crippen molar-refractivity contribution in [2.75, 3.05) is 25.2 Å². The SMILES string of the molecule is CN1CC(NC(=O)N2CSC[C@H]2C(=O)O)CCC1=O. The van der Waals surface area contributed by atoms with E-state index in [2.05, 4.69) is 5.32 Å². The van der Waals surface area contributed by atoms with E-state index in [-0.39, 0.29) is 18.0 Å². The van der Waals surface area contributed by atoms with E-state index in [1.807, 2.05) is 0 Å². The molecule has 8 heteroatoms. The van der Waals surface area contributed by atoms with Crippen molar-refractivity contribution in [3.05, 3.63) is 0 Å². The Labute approximate surface area is 115 Å². The fourth-order valence-electron chi connectivity index (χ4n) is 2.23. The molecule has 0 saturated carbocycles. The summed E-state index contributed by atoms with van der Waals surface area (Å²) in [6.07, 6.45) is 1.02. The number of carboxylic acid groups (broad SMARTS) is 1. The van der Waals surface area contributed by atoms with Crippen LogP contribution in [0.25, 0.3) is 0 Å². The lowest BCUT2D eigenvalue weighted by atomic mass is 10.1. The topological polar surface area (TPSA) is 90.0 Å². The summed E-state index contributed by atoms with van der Waals surface area (Å²) in [4.78, 5) is 37.3. The molecule has 0 aliphatic carbocycles. The maximum atomic E-state index is 12.1. The number of carbonyl (C=O) groups is 3. The molecule has 19 heavy (non-hydrogen) atoms. The molecule has 7 nitrogen and oxygen atoms in total. The van der Waals surface area contributed by atoms with Gasteiger partial charge in [-0.1, -0.05) is 0 Å². The van der Waals surface area contributed by atoms with Gasteiger partial charge in [-0.25, -0.2) is 9.59 Å². The molecule has 2 heterocycles. The van der Waals surface area contributed by atoms with Crippen LogP contribution < -0.4 is 5.32 Å². The maximum absolute atomic E-state index is 12.1. The molecule has 0 spiro atoms. The molecule has 2 rings (SSSR count). The second-order valence-electron chi connectivity index (χ2n) is 4.78. The van der Waals surface area contributed by atoms with Crippen LogP contribution in [-0.2, 0) is 9.59 Å². The third-order valence-electron chi connectivity index (χ3n) is 3.38. The highest BCUT2D eigenvalue weighted by atomic mass is 32.2. The monoisotopic (exact) mass is 287 g/mol. The fraction of sp³-hybridized carbons (Fsp3) is 0.727. The largest absolute Gasteiger partial charge is 0.480 e. The minimum Gasteiger partial charge on any atom is -0.480 e. The van der Waals surface area contributed by atoms with Gasteiger partial charge in [0, 0.05) is 31.8 Å². The zero-order valence-corrected chi connectivity index (χ0v) is 11.5. The number of aliphatic carboxylic acids is 1. The minimum absolute atomic E-state index is 0.0747. The molecule has 3 amide bonds. The van der Waals surface area contributed by atoms with E-state index in [1.54, 1.807) is 11.9 Å². The van der Waals surface area contributed by atoms with E-state index in [0.29, 0.717) is 31.0 Å². The van der Waals surface area contributed by atoms with Crippen LogP contribution in [-0.4, -0.2) is 70.1 Å². The van der Waals surface area contributed by atoms with Crippen LogP contribution in [0.15, 0.2) is 0 Å². The van der Waals surface area contributed by atoms with Crippen molar-refractivity contribution in [2.24, 2.45) is 0 Å². The van der Waals surface area contributed by atoms with Gasteiger partial charge in [0.05, 0.1) is 5.88 Å². The van der Waals surface area contributed by atoms with Gasteiger partial charge in [0.15, 0.2) is 0 Å². The van der Waals surface area contributed by atoms with Crippen LogP contribution in [0.3, 0.4) is 0 Å². The summed E-state index contributed by atoms with van der Waals surface area (Å²) >= 11 is 1.43. The highest BCUT2D eigenvalue weighted by Gasteiger charge is 2.36. The summed E-state index contributed by atoms with van der Waals surface area (Å²) in [7, 11) is 1.70. The van der Waals surface area contributed by atoms with E-state index in [0.717, 1.165) is 0 Å². The number of carbonyl (C=O) groups excluding carboxylic acids is 2. The number of carboxylic acids is 1. The third-order valence-corrected chi connectivity index (χ3v) is 4.39. The summed E-state index contributed by atoms with van der Waals surface area (Å²) in [6.45, 7) is 0.475. The molecule has 2 saturated heterocycles. The van der Waals surface area contributed by atoms with Crippen LogP contribution in [0.1, 0.15) is 12.8 Å². The number of amides is 3. The van der Waals surface area contributed by atoms with Gasteiger partial charge < -0.3 is 20.2 Å². The molecular weight excluding hydrogens is 270 g/mol. The first kappa shape index (κ1) is 14.0. The van der Waals surface area contributed by atoms with Crippen molar-refractivity contribution in [3.8, 4) is 0 Å². The quantitative estimate of drug-likeness (QED) is 0.732. The first-order valence-electron chi connectivity index (χ1n) is 6.10. The Kier molecular flexibility index (Phi) is 4.18. The second-order valence-corrected chi connectivity index (χ2v) is 5.78. The lowest BCUT2D eigenvalue weighted by molar-refractivity contribution is -0.140. The van der Waals surface area contributed by atoms with Gasteiger partial charge in [0.1, 0.15) is 6.04 Å². The molecule has 2 aliphatic heterocycles. The molecule has 2 atom stereocenters. The van der Waals surface area contributed by atoms with E-state index in [1.165, 1.54) is 16.7 Å². The number of hydrogen-bond donors (Lipinski definition) is 2. The highest BCUT2D eigenvalue weighted by molar-refractivity contribution is 7.99. The predicted molar refractivity (Wildman–Crippen MR) is 69.8 cm³/mol. The van der Waals surface area contributed by atoms with Crippen molar-refractivity contribution in [3.63, 3.8) is 0 Å². The molecule has 2 fully saturated rings. The summed E-state index contributed by atoms with van der Waals surface area (Å²) in [5.74, 6) is -0.0856. The van der Waals surface area contributed by atoms with Crippen molar-refractivity contribution >= 4 is 29.7 Å². The van der Waals surface area contributed by atoms with Crippen molar-refractivity contribution < 1.29 is 19.5 Å². The number of urea groups is 1. The Balaban J connectivity index is 1.90. The van der Waals surface area contributed by atoms with Crippen LogP contribution in [0.4, 0.5) is 4.79 Å². The van der Waals surface area contributed by atoms with Gasteiger partial charge in [-0.15, -0.1) is 11.8 Å². The number of rotatable bonds is 2. The van der Waals surface area contributed by atoms with Gasteiger partial charge in [-0.2, -0.15) is 0 Å². The van der Waals surface area contributed by atoms with Crippen LogP contribution in [0.5, 0.6) is 0 Å². The normalized spacial score (nSPS) is 27.5. The summed E-state index contributed by atoms with van der Waals surface area (Å²) < 4.78 is 0. The number of likely N-dealkylation sites (tertiary alicyclic amines) is 1. The Bertz CT molecular complexity index is 403. The Hall–Kier alpha value is -1.44. The second kappa shape index (κ2) is 5.68. The van der Waals surface area contributed by atoms with Gasteiger partial charge in [-0.3, -0.25) is 4.79 Å². The summed E-state index contributed by atoms with van der Waals surface area (Å²) in [6, 6.07) is -1.21. The van der Waals surface area contributed by atoms with E-state index in [4.69, 9.17) is 5.11 Å². The van der Waals surface area contributed by atoms with Crippen LogP contribution in [0.2, 0.25) is 0 Å². The van der Waals surface area contributed by atoms with Crippen LogP contribution >= 0.6 is 11.8 Å². The lowest BCUT2D eigenvalue weighted by Gasteiger charge is -2.32. The summed E-state index contributed by atoms with van der Waals surface area (Å²) in [5.41, 5.74) is 0. The average Bonchev–Trinajstić information content (AvgIpc) is 2.83. The molecule has 0 aromatic heterocycles. The molecule has 0 aromatic rings. The Morgan fingerprint density at radius 2 is 2.21 bits per heavy atom. The van der Waals surface area contributed by atoms with Gasteiger partial charge in [0.2, 0.25) is 5.91 Å². The zero-order chi connectivity index (χ0) is 14.0. The van der Waals surface area contributed by atoms with Crippen molar-refractivity contribution in [1.29, 1.82) is 0 Å². The van der Waals surface area contributed by atoms with E-state index in [9.17, 15) is 14.4 Å². The van der Waals surface area contributed by atoms with Crippen molar-refractivity contribution in [2.45, 2.75) is 24.9 Å². The molecule has 2 N–H and O–H groups in total. The fourth-order valence-corrected chi connectivity index (χ4v) is 3.38. The van der Waals surface area contributed by atoms with E-state index < -0.39 is 12.0 Å². The molecule has 0 aromatic carbocycles. The Morgan fingerprint density at radius 1 is 1.47 bits per heavy atom. The number of nitrogens with one attached hydrogen (secondary N) is 1. The van der Waals surface area contributed by atoms with Crippen LogP contribution in [0, 0.1) is 0 Å². The molecule has 0 bridgehead atoms. The third kappa shape index (κ3) is 3.12. The number of thioether (sulfide) groups is 1. The van der Waals surface area contributed by atoms with E-state index >= 15 is 0 Å². The Morgan fingerprint density at radius 3 is 2.84 bits per heavy atom. The number of hydrogen-bond acceptors (Lipinski definition) is 4. The molecular formula is C11H17N3O4S. The average molecular weight is 287 g/mol. The number of likely N-dealkylation sites (N-methyl/N-ethyl adjacent to an activating group) is 1. The zero-order valence-electron chi connectivity index (χ0n) is 10.7. The first-order chi connectivity index (χ1) is 8.99. The van der Waals surface area contributed by atoms with Gasteiger partial charge >= 0.3 is 12.0 Å². The minimum atomic E-state index is -0.976. The number of piperidine rings is 1. The van der Waals surface area contributed by atoms with Gasteiger partial charge in [0.25, 0.3) is 0 Å². The molecule has 106 valence electrons. The molecule has 1 unspecified atom stereocenters. The molecule has 2 aliphatic rings.